The first-order valence-corrected chi connectivity index (χ1v) is 13.6. The molecule has 2 aliphatic rings. The molecule has 172 valence electrons. The number of ether oxygens (including phenoxy) is 1. The van der Waals surface area contributed by atoms with Crippen LogP contribution in [0, 0.1) is 10.1 Å². The molecule has 0 aromatic heterocycles. The Hall–Kier alpha value is -2.01. The number of alkyl halides is 1. The fourth-order valence-corrected chi connectivity index (χ4v) is 6.25. The summed E-state index contributed by atoms with van der Waals surface area (Å²) in [5.74, 6) is 0.0975. The molecule has 4 rings (SSSR count). The van der Waals surface area contributed by atoms with Gasteiger partial charge in [0, 0.05) is 32.2 Å². The number of nitrogens with zero attached hydrogens (tertiary/aromatic N) is 3. The summed E-state index contributed by atoms with van der Waals surface area (Å²) >= 11 is 5.43. The average Bonchev–Trinajstić information content (AvgIpc) is 3.65. The number of hydrogen-bond donors (Lipinski definition) is 0. The van der Waals surface area contributed by atoms with Crippen molar-refractivity contribution in [3.05, 3.63) is 63.7 Å². The molecule has 2 aromatic carbocycles. The number of nitro groups is 1. The van der Waals surface area contributed by atoms with Gasteiger partial charge in [-0.15, -0.1) is 11.6 Å². The van der Waals surface area contributed by atoms with Crippen LogP contribution in [0.5, 0.6) is 11.5 Å². The summed E-state index contributed by atoms with van der Waals surface area (Å²) < 4.78 is 51.4. The molecule has 0 unspecified atom stereocenters. The monoisotopic (exact) mass is 501 g/mol. The highest BCUT2D eigenvalue weighted by Crippen LogP contribution is 2.61. The predicted octanol–water partition coefficient (Wildman–Crippen LogP) is 3.75. The number of halogens is 1. The molecule has 0 atom stereocenters. The van der Waals surface area contributed by atoms with E-state index in [1.54, 1.807) is 27.5 Å². The van der Waals surface area contributed by atoms with Gasteiger partial charge in [0.25, 0.3) is 0 Å². The molecular formula is C19H21ClN3O7PS. The van der Waals surface area contributed by atoms with Crippen LogP contribution < -0.4 is 4.74 Å². The molecule has 0 spiro atoms. The Morgan fingerprint density at radius 3 is 2.16 bits per heavy atom. The summed E-state index contributed by atoms with van der Waals surface area (Å²) in [7, 11) is -6.41. The maximum atomic E-state index is 13.1. The van der Waals surface area contributed by atoms with Crippen molar-refractivity contribution in [1.29, 1.82) is 0 Å². The van der Waals surface area contributed by atoms with Crippen LogP contribution >= 0.6 is 19.3 Å². The molecule has 0 bridgehead atoms. The topological polar surface area (TPSA) is 119 Å². The molecule has 2 saturated heterocycles. The third-order valence-electron chi connectivity index (χ3n) is 4.89. The predicted molar refractivity (Wildman–Crippen MR) is 118 cm³/mol. The van der Waals surface area contributed by atoms with Crippen LogP contribution in [-0.2, 0) is 31.3 Å². The van der Waals surface area contributed by atoms with Crippen LogP contribution in [0.1, 0.15) is 11.1 Å². The van der Waals surface area contributed by atoms with E-state index in [9.17, 15) is 23.1 Å². The number of hydrogen-bond acceptors (Lipinski definition) is 7. The average molecular weight is 502 g/mol. The van der Waals surface area contributed by atoms with Crippen molar-refractivity contribution in [3.63, 3.8) is 0 Å². The summed E-state index contributed by atoms with van der Waals surface area (Å²) in [4.78, 5) is 10.9. The van der Waals surface area contributed by atoms with Gasteiger partial charge in [-0.1, -0.05) is 12.1 Å². The van der Waals surface area contributed by atoms with E-state index in [0.29, 0.717) is 16.9 Å². The first kappa shape index (κ1) is 23.2. The van der Waals surface area contributed by atoms with Crippen molar-refractivity contribution in [2.24, 2.45) is 0 Å². The Bertz CT molecular complexity index is 1150. The van der Waals surface area contributed by atoms with Gasteiger partial charge in [0.05, 0.1) is 17.3 Å². The van der Waals surface area contributed by atoms with E-state index in [1.807, 2.05) is 0 Å². The van der Waals surface area contributed by atoms with Crippen LogP contribution in [0.2, 0.25) is 0 Å². The Morgan fingerprint density at radius 2 is 1.62 bits per heavy atom. The van der Waals surface area contributed by atoms with Crippen molar-refractivity contribution in [2.75, 3.05) is 31.4 Å². The Labute approximate surface area is 190 Å². The fraction of sp³-hybridized carbons (Fsp3) is 0.368. The smallest absolute Gasteiger partial charge is 0.346 e. The van der Waals surface area contributed by atoms with Crippen LogP contribution in [-0.4, -0.2) is 54.1 Å². The van der Waals surface area contributed by atoms with Gasteiger partial charge in [0.2, 0.25) is 5.75 Å². The van der Waals surface area contributed by atoms with E-state index in [4.69, 9.17) is 20.9 Å². The summed E-state index contributed by atoms with van der Waals surface area (Å²) in [6, 6.07) is 10.5. The van der Waals surface area contributed by atoms with Gasteiger partial charge in [-0.3, -0.25) is 14.7 Å². The van der Waals surface area contributed by atoms with Gasteiger partial charge < -0.3 is 9.26 Å². The molecule has 0 radical (unpaired) electrons. The number of benzene rings is 2. The van der Waals surface area contributed by atoms with E-state index < -0.39 is 27.6 Å². The number of rotatable bonds is 11. The van der Waals surface area contributed by atoms with E-state index in [0.717, 1.165) is 26.2 Å². The van der Waals surface area contributed by atoms with Gasteiger partial charge in [0.1, 0.15) is 11.0 Å². The zero-order valence-corrected chi connectivity index (χ0v) is 19.4. The second-order valence-corrected chi connectivity index (χ2v) is 12.5. The summed E-state index contributed by atoms with van der Waals surface area (Å²) in [5.41, 5.74) is 0.873. The van der Waals surface area contributed by atoms with Crippen LogP contribution in [0.3, 0.4) is 0 Å². The standard InChI is InChI=1S/C19H21ClN3O7PS/c20-14-32(27,28)13-15-1-4-17(5-2-15)30-19-11-16(3-6-18(19)23(24)25)12-29-31(26,21-7-8-21)22-9-10-22/h1-6,11H,7-10,12-14H2. The third-order valence-corrected chi connectivity index (χ3v) is 9.68. The molecule has 0 aliphatic carbocycles. The lowest BCUT2D eigenvalue weighted by Gasteiger charge is -2.19. The normalized spacial score (nSPS) is 16.7. The second kappa shape index (κ2) is 9.09. The largest absolute Gasteiger partial charge is 0.450 e. The molecule has 0 saturated carbocycles. The van der Waals surface area contributed by atoms with Gasteiger partial charge in [-0.2, -0.15) is 0 Å². The highest BCUT2D eigenvalue weighted by molar-refractivity contribution is 7.91. The zero-order chi connectivity index (χ0) is 22.9. The Morgan fingerprint density at radius 1 is 1.03 bits per heavy atom. The highest BCUT2D eigenvalue weighted by atomic mass is 35.5. The minimum atomic E-state index is -3.40. The van der Waals surface area contributed by atoms with E-state index in [1.165, 1.54) is 24.3 Å². The maximum Gasteiger partial charge on any atom is 0.346 e. The van der Waals surface area contributed by atoms with Crippen molar-refractivity contribution < 1.29 is 27.2 Å². The Kier molecular flexibility index (Phi) is 6.58. The highest BCUT2D eigenvalue weighted by Gasteiger charge is 2.49. The molecule has 0 N–H and O–H groups in total. The maximum absolute atomic E-state index is 13.1. The van der Waals surface area contributed by atoms with Gasteiger partial charge in [0.15, 0.2) is 9.84 Å². The van der Waals surface area contributed by atoms with Crippen LogP contribution in [0.25, 0.3) is 0 Å². The molecule has 13 heteroatoms. The van der Waals surface area contributed by atoms with Gasteiger partial charge in [-0.25, -0.2) is 17.8 Å². The minimum Gasteiger partial charge on any atom is -0.450 e. The SMILES string of the molecule is O=[N+]([O-])c1ccc(COP(=O)(N2CC2)N2CC2)cc1Oc1ccc(CS(=O)(=O)CCl)cc1. The lowest BCUT2D eigenvalue weighted by molar-refractivity contribution is -0.385. The second-order valence-electron chi connectivity index (χ2n) is 7.47. The van der Waals surface area contributed by atoms with Crippen molar-refractivity contribution in [3.8, 4) is 11.5 Å². The molecular weight excluding hydrogens is 481 g/mol. The van der Waals surface area contributed by atoms with Gasteiger partial charge >= 0.3 is 13.4 Å². The van der Waals surface area contributed by atoms with Crippen molar-refractivity contribution >= 4 is 34.8 Å². The van der Waals surface area contributed by atoms with E-state index >= 15 is 0 Å². The van der Waals surface area contributed by atoms with Crippen molar-refractivity contribution in [2.45, 2.75) is 12.4 Å². The zero-order valence-electron chi connectivity index (χ0n) is 16.9. The molecule has 0 amide bonds. The third kappa shape index (κ3) is 5.48. The first-order valence-electron chi connectivity index (χ1n) is 9.76. The Balaban J connectivity index is 1.49. The van der Waals surface area contributed by atoms with Crippen molar-refractivity contribution in [1.82, 2.24) is 9.34 Å². The van der Waals surface area contributed by atoms with E-state index in [2.05, 4.69) is 0 Å². The lowest BCUT2D eigenvalue weighted by Crippen LogP contribution is -2.08. The quantitative estimate of drug-likeness (QED) is 0.149. The summed E-state index contributed by atoms with van der Waals surface area (Å²) in [6.45, 7) is 2.93. The molecule has 10 nitrogen and oxygen atoms in total. The molecule has 32 heavy (non-hydrogen) atoms. The summed E-state index contributed by atoms with van der Waals surface area (Å²) in [6.07, 6.45) is 0. The first-order chi connectivity index (χ1) is 15.2. The molecule has 2 fully saturated rings. The molecule has 2 aromatic rings. The minimum absolute atomic E-state index is 0.00511. The van der Waals surface area contributed by atoms with Gasteiger partial charge in [-0.05, 0) is 35.4 Å². The van der Waals surface area contributed by atoms with E-state index in [-0.39, 0.29) is 23.8 Å². The summed E-state index contributed by atoms with van der Waals surface area (Å²) in [5, 5.41) is 11.0. The number of sulfone groups is 1. The fourth-order valence-electron chi connectivity index (χ4n) is 3.05. The lowest BCUT2D eigenvalue weighted by atomic mass is 10.2. The molecule has 2 heterocycles. The molecule has 2 aliphatic heterocycles. The number of nitro benzene ring substituents is 1. The van der Waals surface area contributed by atoms with Crippen LogP contribution in [0.4, 0.5) is 5.69 Å². The van der Waals surface area contributed by atoms with Crippen LogP contribution in [0.15, 0.2) is 42.5 Å².